The third-order valence-electron chi connectivity index (χ3n) is 3.60. The van der Waals surface area contributed by atoms with E-state index in [4.69, 9.17) is 5.73 Å². The summed E-state index contributed by atoms with van der Waals surface area (Å²) in [6.07, 6.45) is 7.27. The van der Waals surface area contributed by atoms with Gasteiger partial charge in [0.05, 0.1) is 24.0 Å². The largest absolute Gasteiger partial charge is 0.397 e. The molecule has 1 saturated carbocycles. The van der Waals surface area contributed by atoms with Gasteiger partial charge >= 0.3 is 0 Å². The highest BCUT2D eigenvalue weighted by molar-refractivity contribution is 5.52. The van der Waals surface area contributed by atoms with Crippen LogP contribution in [0.25, 0.3) is 0 Å². The Hall–Kier alpha value is -1.29. The van der Waals surface area contributed by atoms with E-state index in [1.807, 2.05) is 13.0 Å². The van der Waals surface area contributed by atoms with Crippen molar-refractivity contribution in [2.75, 3.05) is 17.7 Å². The number of rotatable bonds is 3. The highest BCUT2D eigenvalue weighted by Gasteiger charge is 2.31. The fraction of sp³-hybridized carbons (Fsp3) is 0.615. The summed E-state index contributed by atoms with van der Waals surface area (Å²) in [6, 6.07) is 1.91. The number of aliphatic hydroxyl groups excluding tert-OH is 1. The maximum atomic E-state index is 9.63. The smallest absolute Gasteiger partial charge is 0.129 e. The van der Waals surface area contributed by atoms with Gasteiger partial charge in [-0.05, 0) is 31.4 Å². The molecule has 17 heavy (non-hydrogen) atoms. The van der Waals surface area contributed by atoms with Crippen molar-refractivity contribution in [3.63, 3.8) is 0 Å². The molecular weight excluding hydrogens is 214 g/mol. The Labute approximate surface area is 102 Å². The summed E-state index contributed by atoms with van der Waals surface area (Å²) in [7, 11) is 0. The molecule has 1 aliphatic carbocycles. The molecule has 4 N–H and O–H groups in total. The van der Waals surface area contributed by atoms with Crippen LogP contribution in [0.1, 0.15) is 37.7 Å². The average Bonchev–Trinajstić information content (AvgIpc) is 2.34. The van der Waals surface area contributed by atoms with Crippen LogP contribution in [0.5, 0.6) is 0 Å². The first-order chi connectivity index (χ1) is 8.15. The van der Waals surface area contributed by atoms with Gasteiger partial charge in [-0.15, -0.1) is 0 Å². The van der Waals surface area contributed by atoms with Crippen molar-refractivity contribution in [3.05, 3.63) is 17.8 Å². The monoisotopic (exact) mass is 235 g/mol. The van der Waals surface area contributed by atoms with Gasteiger partial charge in [-0.3, -0.25) is 0 Å². The van der Waals surface area contributed by atoms with Gasteiger partial charge in [0, 0.05) is 0 Å². The Morgan fingerprint density at radius 3 is 2.71 bits per heavy atom. The first-order valence-electron chi connectivity index (χ1n) is 6.26. The number of aromatic nitrogens is 1. The van der Waals surface area contributed by atoms with Gasteiger partial charge in [0.1, 0.15) is 5.82 Å². The molecule has 0 radical (unpaired) electrons. The lowest BCUT2D eigenvalue weighted by Crippen LogP contribution is -2.44. The van der Waals surface area contributed by atoms with Crippen LogP contribution < -0.4 is 11.1 Å². The first kappa shape index (κ1) is 12.2. The molecule has 1 heterocycles. The normalized spacial score (nSPS) is 18.9. The number of hydrogen-bond donors (Lipinski definition) is 3. The van der Waals surface area contributed by atoms with E-state index in [0.29, 0.717) is 5.69 Å². The van der Waals surface area contributed by atoms with Crippen LogP contribution in [0, 0.1) is 6.92 Å². The lowest BCUT2D eigenvalue weighted by molar-refractivity contribution is 0.172. The molecule has 0 saturated heterocycles. The predicted octanol–water partition coefficient (Wildman–Crippen LogP) is 2.08. The SMILES string of the molecule is Cc1cc(N)cnc1NC1(CO)CCCCC1. The minimum atomic E-state index is -0.188. The molecule has 1 aliphatic rings. The molecule has 0 amide bonds. The number of pyridine rings is 1. The zero-order chi connectivity index (χ0) is 12.3. The highest BCUT2D eigenvalue weighted by Crippen LogP contribution is 2.31. The molecule has 1 aromatic rings. The van der Waals surface area contributed by atoms with Crippen LogP contribution in [0.3, 0.4) is 0 Å². The molecule has 0 bridgehead atoms. The van der Waals surface area contributed by atoms with E-state index in [9.17, 15) is 5.11 Å². The molecule has 4 nitrogen and oxygen atoms in total. The van der Waals surface area contributed by atoms with Gasteiger partial charge in [-0.25, -0.2) is 4.98 Å². The third-order valence-corrected chi connectivity index (χ3v) is 3.60. The first-order valence-corrected chi connectivity index (χ1v) is 6.26. The quantitative estimate of drug-likeness (QED) is 0.750. The summed E-state index contributed by atoms with van der Waals surface area (Å²) in [5.41, 5.74) is 7.20. The summed E-state index contributed by atoms with van der Waals surface area (Å²) in [5.74, 6) is 0.843. The van der Waals surface area contributed by atoms with Crippen LogP contribution in [0.4, 0.5) is 11.5 Å². The standard InChI is InChI=1S/C13H21N3O/c1-10-7-11(14)8-15-12(10)16-13(9-17)5-3-2-4-6-13/h7-8,17H,2-6,9,14H2,1H3,(H,15,16). The van der Waals surface area contributed by atoms with E-state index < -0.39 is 0 Å². The second-order valence-electron chi connectivity index (χ2n) is 5.06. The van der Waals surface area contributed by atoms with Gasteiger partial charge in [0.25, 0.3) is 0 Å². The molecule has 4 heteroatoms. The van der Waals surface area contributed by atoms with Crippen molar-refractivity contribution in [2.24, 2.45) is 0 Å². The molecule has 0 spiro atoms. The summed E-state index contributed by atoms with van der Waals surface area (Å²) in [5, 5.41) is 13.1. The Kier molecular flexibility index (Phi) is 3.52. The molecule has 1 fully saturated rings. The van der Waals surface area contributed by atoms with Crippen LogP contribution in [-0.2, 0) is 0 Å². The van der Waals surface area contributed by atoms with Crippen molar-refractivity contribution < 1.29 is 5.11 Å². The lowest BCUT2D eigenvalue weighted by atomic mass is 9.82. The van der Waals surface area contributed by atoms with Crippen molar-refractivity contribution >= 4 is 11.5 Å². The van der Waals surface area contributed by atoms with E-state index in [-0.39, 0.29) is 12.1 Å². The number of anilines is 2. The number of nitrogens with zero attached hydrogens (tertiary/aromatic N) is 1. The average molecular weight is 235 g/mol. The number of hydrogen-bond acceptors (Lipinski definition) is 4. The number of nitrogens with two attached hydrogens (primary N) is 1. The zero-order valence-corrected chi connectivity index (χ0v) is 10.4. The van der Waals surface area contributed by atoms with E-state index in [2.05, 4.69) is 10.3 Å². The Morgan fingerprint density at radius 1 is 1.41 bits per heavy atom. The van der Waals surface area contributed by atoms with Crippen LogP contribution in [0.2, 0.25) is 0 Å². The lowest BCUT2D eigenvalue weighted by Gasteiger charge is -2.37. The zero-order valence-electron chi connectivity index (χ0n) is 10.4. The molecule has 0 unspecified atom stereocenters. The van der Waals surface area contributed by atoms with Gasteiger partial charge in [0.2, 0.25) is 0 Å². The van der Waals surface area contributed by atoms with Gasteiger partial charge in [-0.2, -0.15) is 0 Å². The minimum Gasteiger partial charge on any atom is -0.397 e. The topological polar surface area (TPSA) is 71.2 Å². The maximum Gasteiger partial charge on any atom is 0.129 e. The maximum absolute atomic E-state index is 9.63. The van der Waals surface area contributed by atoms with Gasteiger partial charge < -0.3 is 16.2 Å². The summed E-state index contributed by atoms with van der Waals surface area (Å²) >= 11 is 0. The number of nitrogen functional groups attached to an aromatic ring is 1. The minimum absolute atomic E-state index is 0.165. The Bertz CT molecular complexity index is 386. The number of aliphatic hydroxyl groups is 1. The highest BCUT2D eigenvalue weighted by atomic mass is 16.3. The van der Waals surface area contributed by atoms with E-state index in [1.165, 1.54) is 19.3 Å². The van der Waals surface area contributed by atoms with Gasteiger partial charge in [0.15, 0.2) is 0 Å². The molecule has 2 rings (SSSR count). The van der Waals surface area contributed by atoms with E-state index in [0.717, 1.165) is 24.2 Å². The van der Waals surface area contributed by atoms with Crippen LogP contribution >= 0.6 is 0 Å². The van der Waals surface area contributed by atoms with Crippen molar-refractivity contribution in [1.82, 2.24) is 4.98 Å². The Balaban J connectivity index is 2.17. The van der Waals surface area contributed by atoms with Crippen LogP contribution in [-0.4, -0.2) is 22.2 Å². The number of nitrogens with one attached hydrogen (secondary N) is 1. The van der Waals surface area contributed by atoms with Crippen molar-refractivity contribution in [2.45, 2.75) is 44.6 Å². The fourth-order valence-corrected chi connectivity index (χ4v) is 2.53. The Morgan fingerprint density at radius 2 is 2.12 bits per heavy atom. The summed E-state index contributed by atoms with van der Waals surface area (Å²) in [4.78, 5) is 4.32. The molecule has 0 aromatic carbocycles. The second-order valence-corrected chi connectivity index (χ2v) is 5.06. The molecule has 94 valence electrons. The molecule has 0 atom stereocenters. The number of aryl methyl sites for hydroxylation is 1. The molecular formula is C13H21N3O. The molecule has 0 aliphatic heterocycles. The van der Waals surface area contributed by atoms with Gasteiger partial charge in [-0.1, -0.05) is 19.3 Å². The predicted molar refractivity (Wildman–Crippen MR) is 69.9 cm³/mol. The second kappa shape index (κ2) is 4.92. The molecule has 1 aromatic heterocycles. The van der Waals surface area contributed by atoms with E-state index in [1.54, 1.807) is 6.20 Å². The van der Waals surface area contributed by atoms with Crippen molar-refractivity contribution in [3.8, 4) is 0 Å². The summed E-state index contributed by atoms with van der Waals surface area (Å²) < 4.78 is 0. The third kappa shape index (κ3) is 2.69. The van der Waals surface area contributed by atoms with Crippen LogP contribution in [0.15, 0.2) is 12.3 Å². The fourth-order valence-electron chi connectivity index (χ4n) is 2.53. The summed E-state index contributed by atoms with van der Waals surface area (Å²) in [6.45, 7) is 2.15. The van der Waals surface area contributed by atoms with E-state index >= 15 is 0 Å². The van der Waals surface area contributed by atoms with Crippen molar-refractivity contribution in [1.29, 1.82) is 0 Å².